The van der Waals surface area contributed by atoms with Crippen LogP contribution in [0.1, 0.15) is 10.4 Å². The summed E-state index contributed by atoms with van der Waals surface area (Å²) in [6.45, 7) is 6.56. The van der Waals surface area contributed by atoms with Crippen molar-refractivity contribution in [2.75, 3.05) is 86.9 Å². The molecule has 2 saturated heterocycles. The lowest BCUT2D eigenvalue weighted by Crippen LogP contribution is -2.54. The normalized spacial score (nSPS) is 19.6. The van der Waals surface area contributed by atoms with Gasteiger partial charge in [-0.3, -0.25) is 14.6 Å². The first-order chi connectivity index (χ1) is 18.5. The van der Waals surface area contributed by atoms with Crippen LogP contribution < -0.4 is 18.9 Å². The molecule has 2 unspecified atom stereocenters. The van der Waals surface area contributed by atoms with Crippen molar-refractivity contribution >= 4 is 5.91 Å². The Morgan fingerprint density at radius 1 is 0.974 bits per heavy atom. The minimum atomic E-state index is -0.571. The Morgan fingerprint density at radius 3 is 2.29 bits per heavy atom. The first-order valence-electron chi connectivity index (χ1n) is 13.0. The Bertz CT molecular complexity index is 1010. The number of methoxy groups -OCH3 is 3. The number of β-amino-alcohol motifs (C(OH)–C–C–N with tert-alkyl or cyclic N) is 1. The van der Waals surface area contributed by atoms with Crippen LogP contribution in [-0.2, 0) is 4.74 Å². The van der Waals surface area contributed by atoms with Gasteiger partial charge in [0.15, 0.2) is 11.5 Å². The maximum absolute atomic E-state index is 13.2. The number of benzene rings is 2. The summed E-state index contributed by atoms with van der Waals surface area (Å²) >= 11 is 0. The second-order valence-electron chi connectivity index (χ2n) is 9.54. The van der Waals surface area contributed by atoms with Gasteiger partial charge in [-0.15, -0.1) is 0 Å². The van der Waals surface area contributed by atoms with E-state index in [1.807, 2.05) is 35.2 Å². The number of para-hydroxylation sites is 1. The molecule has 2 aliphatic heterocycles. The molecule has 2 aromatic rings. The summed E-state index contributed by atoms with van der Waals surface area (Å²) < 4.78 is 27.9. The number of hydrogen-bond donors (Lipinski definition) is 1. The number of rotatable bonds is 11. The van der Waals surface area contributed by atoms with Gasteiger partial charge in [-0.25, -0.2) is 0 Å². The molecule has 0 spiro atoms. The maximum Gasteiger partial charge on any atom is 0.254 e. The lowest BCUT2D eigenvalue weighted by molar-refractivity contribution is -0.0591. The van der Waals surface area contributed by atoms with E-state index < -0.39 is 6.10 Å². The molecule has 208 valence electrons. The van der Waals surface area contributed by atoms with Crippen LogP contribution in [0.15, 0.2) is 42.5 Å². The molecule has 10 nitrogen and oxygen atoms in total. The van der Waals surface area contributed by atoms with Gasteiger partial charge in [0.2, 0.25) is 5.75 Å². The minimum Gasteiger partial charge on any atom is -0.493 e. The SMILES string of the molecule is COc1cc(C(=O)N2CCN(CC3CN(CC(O)COc4ccccc4)CCO3)CC2)cc(OC)c1OC. The van der Waals surface area contributed by atoms with Crippen LogP contribution in [0.25, 0.3) is 0 Å². The third-order valence-electron chi connectivity index (χ3n) is 6.91. The molecule has 4 rings (SSSR count). The molecular weight excluding hydrogens is 490 g/mol. The number of carbonyl (C=O) groups is 1. The van der Waals surface area contributed by atoms with Crippen molar-refractivity contribution in [3.8, 4) is 23.0 Å². The molecule has 0 aliphatic carbocycles. The standard InChI is InChI=1S/C28H39N3O7/c1-34-25-15-21(16-26(35-2)27(25)36-3)28(33)31-11-9-29(10-12-31)18-24-19-30(13-14-37-24)17-22(32)20-38-23-7-5-4-6-8-23/h4-8,15-16,22,24,32H,9-14,17-20H2,1-3H3. The van der Waals surface area contributed by atoms with Crippen molar-refractivity contribution in [3.63, 3.8) is 0 Å². The first-order valence-corrected chi connectivity index (χ1v) is 13.0. The van der Waals surface area contributed by atoms with Crippen molar-refractivity contribution < 1.29 is 33.6 Å². The van der Waals surface area contributed by atoms with E-state index in [9.17, 15) is 9.90 Å². The molecule has 2 fully saturated rings. The van der Waals surface area contributed by atoms with E-state index in [0.29, 0.717) is 49.1 Å². The van der Waals surface area contributed by atoms with E-state index in [0.717, 1.165) is 38.5 Å². The quantitative estimate of drug-likeness (QED) is 0.466. The lowest BCUT2D eigenvalue weighted by Gasteiger charge is -2.39. The summed E-state index contributed by atoms with van der Waals surface area (Å²) in [6.07, 6.45) is -0.512. The summed E-state index contributed by atoms with van der Waals surface area (Å²) in [5.41, 5.74) is 0.508. The number of aliphatic hydroxyl groups excluding tert-OH is 1. The fourth-order valence-electron chi connectivity index (χ4n) is 4.93. The van der Waals surface area contributed by atoms with Gasteiger partial charge in [-0.2, -0.15) is 0 Å². The fourth-order valence-corrected chi connectivity index (χ4v) is 4.93. The Labute approximate surface area is 224 Å². The Morgan fingerprint density at radius 2 is 1.66 bits per heavy atom. The molecule has 1 N–H and O–H groups in total. The van der Waals surface area contributed by atoms with Gasteiger partial charge in [0, 0.05) is 57.9 Å². The average molecular weight is 530 g/mol. The number of ether oxygens (including phenoxy) is 5. The van der Waals surface area contributed by atoms with Crippen molar-refractivity contribution in [1.82, 2.24) is 14.7 Å². The monoisotopic (exact) mass is 529 g/mol. The second kappa shape index (κ2) is 13.7. The van der Waals surface area contributed by atoms with Gasteiger partial charge in [0.25, 0.3) is 5.91 Å². The average Bonchev–Trinajstić information content (AvgIpc) is 2.96. The molecule has 2 aromatic carbocycles. The van der Waals surface area contributed by atoms with Gasteiger partial charge in [0.05, 0.1) is 34.0 Å². The van der Waals surface area contributed by atoms with E-state index in [1.54, 1.807) is 19.2 Å². The summed E-state index contributed by atoms with van der Waals surface area (Å²) in [7, 11) is 4.62. The largest absolute Gasteiger partial charge is 0.493 e. The number of morpholine rings is 1. The van der Waals surface area contributed by atoms with Gasteiger partial charge < -0.3 is 33.7 Å². The van der Waals surface area contributed by atoms with Crippen molar-refractivity contribution in [2.45, 2.75) is 12.2 Å². The summed E-state index contributed by atoms with van der Waals surface area (Å²) in [4.78, 5) is 19.6. The van der Waals surface area contributed by atoms with Crippen molar-refractivity contribution in [1.29, 1.82) is 0 Å². The number of carbonyl (C=O) groups excluding carboxylic acids is 1. The molecule has 0 radical (unpaired) electrons. The van der Waals surface area contributed by atoms with Crippen LogP contribution in [0.2, 0.25) is 0 Å². The molecule has 38 heavy (non-hydrogen) atoms. The smallest absolute Gasteiger partial charge is 0.254 e. The topological polar surface area (TPSA) is 93.2 Å². The highest BCUT2D eigenvalue weighted by molar-refractivity contribution is 5.95. The van der Waals surface area contributed by atoms with Crippen LogP contribution in [0, 0.1) is 0 Å². The number of hydrogen-bond acceptors (Lipinski definition) is 9. The zero-order valence-electron chi connectivity index (χ0n) is 22.5. The maximum atomic E-state index is 13.2. The van der Waals surface area contributed by atoms with Crippen LogP contribution in [-0.4, -0.2) is 125 Å². The zero-order valence-corrected chi connectivity index (χ0v) is 22.5. The predicted octanol–water partition coefficient (Wildman–Crippen LogP) is 1.61. The highest BCUT2D eigenvalue weighted by Gasteiger charge is 2.28. The fraction of sp³-hybridized carbons (Fsp3) is 0.536. The van der Waals surface area contributed by atoms with Crippen LogP contribution >= 0.6 is 0 Å². The Hall–Kier alpha value is -3.05. The Balaban J connectivity index is 1.23. The number of aliphatic hydroxyl groups is 1. The molecule has 0 aromatic heterocycles. The predicted molar refractivity (Wildman–Crippen MR) is 143 cm³/mol. The van der Waals surface area contributed by atoms with Gasteiger partial charge in [-0.05, 0) is 24.3 Å². The van der Waals surface area contributed by atoms with Crippen molar-refractivity contribution in [2.24, 2.45) is 0 Å². The molecular formula is C28H39N3O7. The molecule has 0 saturated carbocycles. The zero-order chi connectivity index (χ0) is 26.9. The molecule has 10 heteroatoms. The first kappa shape index (κ1) is 28.0. The van der Waals surface area contributed by atoms with Crippen LogP contribution in [0.3, 0.4) is 0 Å². The number of nitrogens with zero attached hydrogens (tertiary/aromatic N) is 3. The minimum absolute atomic E-state index is 0.0587. The van der Waals surface area contributed by atoms with E-state index >= 15 is 0 Å². The highest BCUT2D eigenvalue weighted by Crippen LogP contribution is 2.38. The van der Waals surface area contributed by atoms with E-state index in [-0.39, 0.29) is 18.6 Å². The van der Waals surface area contributed by atoms with E-state index in [1.165, 1.54) is 14.2 Å². The molecule has 2 heterocycles. The lowest BCUT2D eigenvalue weighted by atomic mass is 10.1. The van der Waals surface area contributed by atoms with E-state index in [4.69, 9.17) is 23.7 Å². The molecule has 2 atom stereocenters. The Kier molecular flexibility index (Phi) is 10.1. The third-order valence-corrected chi connectivity index (χ3v) is 6.91. The highest BCUT2D eigenvalue weighted by atomic mass is 16.5. The summed E-state index contributed by atoms with van der Waals surface area (Å²) in [5, 5.41) is 10.5. The van der Waals surface area contributed by atoms with Crippen molar-refractivity contribution in [3.05, 3.63) is 48.0 Å². The van der Waals surface area contributed by atoms with Crippen LogP contribution in [0.4, 0.5) is 0 Å². The third kappa shape index (κ3) is 7.28. The van der Waals surface area contributed by atoms with Gasteiger partial charge >= 0.3 is 0 Å². The molecule has 0 bridgehead atoms. The van der Waals surface area contributed by atoms with Gasteiger partial charge in [0.1, 0.15) is 18.5 Å². The second-order valence-corrected chi connectivity index (χ2v) is 9.54. The summed E-state index contributed by atoms with van der Waals surface area (Å²) in [5.74, 6) is 2.09. The van der Waals surface area contributed by atoms with Crippen LogP contribution in [0.5, 0.6) is 23.0 Å². The number of piperazine rings is 1. The molecule has 2 aliphatic rings. The van der Waals surface area contributed by atoms with Gasteiger partial charge in [-0.1, -0.05) is 18.2 Å². The number of amides is 1. The molecule has 1 amide bonds. The van der Waals surface area contributed by atoms with E-state index in [2.05, 4.69) is 9.80 Å². The summed E-state index contributed by atoms with van der Waals surface area (Å²) in [6, 6.07) is 12.9.